The molecular weight excluding hydrogens is 256 g/mol. The Morgan fingerprint density at radius 1 is 1.15 bits per heavy atom. The summed E-state index contributed by atoms with van der Waals surface area (Å²) in [4.78, 5) is 29.9. The van der Waals surface area contributed by atoms with Crippen LogP contribution >= 0.6 is 0 Å². The minimum atomic E-state index is -0.389. The van der Waals surface area contributed by atoms with Gasteiger partial charge in [0.15, 0.2) is 0 Å². The van der Waals surface area contributed by atoms with E-state index in [1.807, 2.05) is 6.07 Å². The molecule has 1 aromatic carbocycles. The topological polar surface area (TPSA) is 59.5 Å². The molecule has 100 valence electrons. The van der Waals surface area contributed by atoms with Crippen molar-refractivity contribution in [3.63, 3.8) is 0 Å². The molecule has 0 N–H and O–H groups in total. The van der Waals surface area contributed by atoms with Gasteiger partial charge in [-0.25, -0.2) is 9.88 Å². The molecular formula is C15H12N2O3. The zero-order chi connectivity index (χ0) is 14.1. The molecule has 2 amide bonds. The van der Waals surface area contributed by atoms with Crippen molar-refractivity contribution in [3.05, 3.63) is 59.4 Å². The minimum absolute atomic E-state index is 0.193. The average molecular weight is 268 g/mol. The molecule has 5 heteroatoms. The van der Waals surface area contributed by atoms with E-state index < -0.39 is 0 Å². The first-order valence-corrected chi connectivity index (χ1v) is 6.14. The Balaban J connectivity index is 2.04. The summed E-state index contributed by atoms with van der Waals surface area (Å²) in [6.07, 6.45) is 1.56. The third-order valence-electron chi connectivity index (χ3n) is 3.11. The van der Waals surface area contributed by atoms with Crippen LogP contribution in [0.4, 0.5) is 5.69 Å². The largest absolute Gasteiger partial charge is 0.380 e. The number of hydrogen-bond acceptors (Lipinski definition) is 4. The summed E-state index contributed by atoms with van der Waals surface area (Å²) in [5.74, 6) is -0.734. The van der Waals surface area contributed by atoms with Crippen molar-refractivity contribution in [3.8, 4) is 0 Å². The summed E-state index contributed by atoms with van der Waals surface area (Å²) in [7, 11) is 1.57. The van der Waals surface area contributed by atoms with E-state index in [-0.39, 0.29) is 17.5 Å². The lowest BCUT2D eigenvalue weighted by molar-refractivity contribution is 0.0924. The molecule has 5 nitrogen and oxygen atoms in total. The molecule has 20 heavy (non-hydrogen) atoms. The highest BCUT2D eigenvalue weighted by atomic mass is 16.5. The van der Waals surface area contributed by atoms with Gasteiger partial charge in [0.25, 0.3) is 11.8 Å². The monoisotopic (exact) mass is 268 g/mol. The van der Waals surface area contributed by atoms with Crippen LogP contribution in [0, 0.1) is 0 Å². The fourth-order valence-electron chi connectivity index (χ4n) is 2.22. The Labute approximate surface area is 115 Å². The molecule has 1 aromatic heterocycles. The summed E-state index contributed by atoms with van der Waals surface area (Å²) in [5.41, 5.74) is 1.84. The first kappa shape index (κ1) is 12.5. The molecule has 0 bridgehead atoms. The number of ether oxygens (including phenoxy) is 1. The number of carbonyl (C=O) groups is 2. The van der Waals surface area contributed by atoms with Crippen LogP contribution in [-0.4, -0.2) is 23.9 Å². The molecule has 0 aliphatic carbocycles. The number of anilines is 1. The van der Waals surface area contributed by atoms with Crippen LogP contribution in [0.5, 0.6) is 0 Å². The first-order chi connectivity index (χ1) is 9.72. The molecule has 0 spiro atoms. The lowest BCUT2D eigenvalue weighted by Crippen LogP contribution is -2.29. The summed E-state index contributed by atoms with van der Waals surface area (Å²) in [6, 6.07) is 10.5. The zero-order valence-corrected chi connectivity index (χ0v) is 10.9. The highest BCUT2D eigenvalue weighted by Crippen LogP contribution is 2.27. The quantitative estimate of drug-likeness (QED) is 0.799. The first-order valence-electron chi connectivity index (χ1n) is 6.14. The summed E-state index contributed by atoms with van der Waals surface area (Å²) < 4.78 is 5.01. The molecule has 0 radical (unpaired) electrons. The normalized spacial score (nSPS) is 13.8. The SMILES string of the molecule is COCc1cnc2c(c1)C(=O)N(c1ccccc1)C2=O. The van der Waals surface area contributed by atoms with Crippen molar-refractivity contribution >= 4 is 17.5 Å². The molecule has 1 aliphatic rings. The Morgan fingerprint density at radius 2 is 1.90 bits per heavy atom. The number of fused-ring (bicyclic) bond motifs is 1. The van der Waals surface area contributed by atoms with Gasteiger partial charge < -0.3 is 4.74 Å². The predicted octanol–water partition coefficient (Wildman–Crippen LogP) is 2.03. The number of carbonyl (C=O) groups excluding carboxylic acids is 2. The standard InChI is InChI=1S/C15H12N2O3/c1-20-9-10-7-12-13(16-8-10)15(19)17(14(12)18)11-5-3-2-4-6-11/h2-8H,9H2,1H3. The number of methoxy groups -OCH3 is 1. The van der Waals surface area contributed by atoms with Crippen LogP contribution in [0.25, 0.3) is 0 Å². The second-order valence-corrected chi connectivity index (χ2v) is 4.45. The van der Waals surface area contributed by atoms with Crippen LogP contribution in [0.2, 0.25) is 0 Å². The fourth-order valence-corrected chi connectivity index (χ4v) is 2.22. The Hall–Kier alpha value is -2.53. The number of para-hydroxylation sites is 1. The van der Waals surface area contributed by atoms with E-state index in [2.05, 4.69) is 4.98 Å². The molecule has 0 saturated heterocycles. The fraction of sp³-hybridized carbons (Fsp3) is 0.133. The highest BCUT2D eigenvalue weighted by molar-refractivity contribution is 6.33. The van der Waals surface area contributed by atoms with Crippen molar-refractivity contribution in [1.29, 1.82) is 0 Å². The molecule has 0 atom stereocenters. The lowest BCUT2D eigenvalue weighted by Gasteiger charge is -2.12. The van der Waals surface area contributed by atoms with Gasteiger partial charge in [-0.3, -0.25) is 9.59 Å². The number of nitrogens with zero attached hydrogens (tertiary/aromatic N) is 2. The van der Waals surface area contributed by atoms with Crippen molar-refractivity contribution in [2.75, 3.05) is 12.0 Å². The Morgan fingerprint density at radius 3 is 2.60 bits per heavy atom. The number of aromatic nitrogens is 1. The summed E-state index contributed by atoms with van der Waals surface area (Å²) in [6.45, 7) is 0.354. The van der Waals surface area contributed by atoms with E-state index in [4.69, 9.17) is 4.74 Å². The maximum atomic E-state index is 12.4. The van der Waals surface area contributed by atoms with Gasteiger partial charge in [0, 0.05) is 13.3 Å². The number of imide groups is 1. The zero-order valence-electron chi connectivity index (χ0n) is 10.9. The number of hydrogen-bond donors (Lipinski definition) is 0. The predicted molar refractivity (Wildman–Crippen MR) is 72.5 cm³/mol. The van der Waals surface area contributed by atoms with Gasteiger partial charge in [-0.15, -0.1) is 0 Å². The third-order valence-corrected chi connectivity index (χ3v) is 3.11. The smallest absolute Gasteiger partial charge is 0.284 e. The molecule has 2 aromatic rings. The Kier molecular flexibility index (Phi) is 3.04. The van der Waals surface area contributed by atoms with Gasteiger partial charge in [-0.05, 0) is 23.8 Å². The number of pyridine rings is 1. The second kappa shape index (κ2) is 4.86. The molecule has 3 rings (SSSR count). The summed E-state index contributed by atoms with van der Waals surface area (Å²) in [5, 5.41) is 0. The maximum absolute atomic E-state index is 12.4. The summed E-state index contributed by atoms with van der Waals surface area (Å²) >= 11 is 0. The number of amides is 2. The van der Waals surface area contributed by atoms with E-state index in [1.165, 1.54) is 0 Å². The van der Waals surface area contributed by atoms with Crippen molar-refractivity contribution in [1.82, 2.24) is 4.98 Å². The van der Waals surface area contributed by atoms with E-state index in [0.29, 0.717) is 17.9 Å². The van der Waals surface area contributed by atoms with E-state index in [9.17, 15) is 9.59 Å². The molecule has 2 heterocycles. The van der Waals surface area contributed by atoms with E-state index in [1.54, 1.807) is 43.6 Å². The van der Waals surface area contributed by atoms with Gasteiger partial charge in [-0.1, -0.05) is 18.2 Å². The van der Waals surface area contributed by atoms with E-state index in [0.717, 1.165) is 10.5 Å². The maximum Gasteiger partial charge on any atom is 0.284 e. The van der Waals surface area contributed by atoms with Crippen LogP contribution < -0.4 is 4.90 Å². The van der Waals surface area contributed by atoms with Crippen LogP contribution in [0.1, 0.15) is 26.4 Å². The second-order valence-electron chi connectivity index (χ2n) is 4.45. The van der Waals surface area contributed by atoms with Crippen molar-refractivity contribution in [2.24, 2.45) is 0 Å². The van der Waals surface area contributed by atoms with Gasteiger partial charge in [0.2, 0.25) is 0 Å². The van der Waals surface area contributed by atoms with Gasteiger partial charge in [-0.2, -0.15) is 0 Å². The highest BCUT2D eigenvalue weighted by Gasteiger charge is 2.38. The number of rotatable bonds is 3. The average Bonchev–Trinajstić information content (AvgIpc) is 2.72. The van der Waals surface area contributed by atoms with Crippen LogP contribution in [0.3, 0.4) is 0 Å². The van der Waals surface area contributed by atoms with Crippen molar-refractivity contribution < 1.29 is 14.3 Å². The van der Waals surface area contributed by atoms with Crippen LogP contribution in [-0.2, 0) is 11.3 Å². The van der Waals surface area contributed by atoms with Crippen LogP contribution in [0.15, 0.2) is 42.6 Å². The molecule has 0 fully saturated rings. The van der Waals surface area contributed by atoms with Gasteiger partial charge in [0.1, 0.15) is 5.69 Å². The molecule has 0 unspecified atom stereocenters. The molecule has 1 aliphatic heterocycles. The molecule has 0 saturated carbocycles. The van der Waals surface area contributed by atoms with Crippen molar-refractivity contribution in [2.45, 2.75) is 6.61 Å². The van der Waals surface area contributed by atoms with E-state index >= 15 is 0 Å². The Bertz CT molecular complexity index is 683. The lowest BCUT2D eigenvalue weighted by atomic mass is 10.1. The van der Waals surface area contributed by atoms with Gasteiger partial charge >= 0.3 is 0 Å². The minimum Gasteiger partial charge on any atom is -0.380 e. The number of benzene rings is 1. The van der Waals surface area contributed by atoms with Gasteiger partial charge in [0.05, 0.1) is 17.9 Å². The third kappa shape index (κ3) is 1.88.